The molecule has 3 rings (SSSR count). The standard InChI is InChI=1S/C23H30O3/c1-15(2)22-12-19(14-25-22)9-8-16(3)23-13-20(18(5)26-23)11-17(4)21-7-6-10-24-21/h6-7,10,12-17H,8-9,11H2,1-5H3. The van der Waals surface area contributed by atoms with Crippen molar-refractivity contribution in [2.24, 2.45) is 0 Å². The number of hydrogen-bond acceptors (Lipinski definition) is 3. The van der Waals surface area contributed by atoms with Gasteiger partial charge in [0.25, 0.3) is 0 Å². The van der Waals surface area contributed by atoms with Crippen molar-refractivity contribution in [3.63, 3.8) is 0 Å². The summed E-state index contributed by atoms with van der Waals surface area (Å²) in [5.74, 6) is 5.38. The number of aryl methyl sites for hydroxylation is 2. The van der Waals surface area contributed by atoms with Gasteiger partial charge in [-0.15, -0.1) is 0 Å². The van der Waals surface area contributed by atoms with E-state index in [4.69, 9.17) is 13.3 Å². The molecule has 140 valence electrons. The first kappa shape index (κ1) is 18.6. The van der Waals surface area contributed by atoms with Gasteiger partial charge in [-0.05, 0) is 61.6 Å². The van der Waals surface area contributed by atoms with E-state index < -0.39 is 0 Å². The quantitative estimate of drug-likeness (QED) is 0.438. The molecule has 0 spiro atoms. The van der Waals surface area contributed by atoms with E-state index in [-0.39, 0.29) is 0 Å². The highest BCUT2D eigenvalue weighted by Gasteiger charge is 2.18. The minimum absolute atomic E-state index is 0.352. The number of hydrogen-bond donors (Lipinski definition) is 0. The van der Waals surface area contributed by atoms with Crippen LogP contribution in [0.4, 0.5) is 0 Å². The molecule has 3 aromatic rings. The SMILES string of the molecule is Cc1oc(C(C)CCc2coc(C(C)C)c2)cc1CC(C)c1ccco1. The normalized spacial score (nSPS) is 14.1. The van der Waals surface area contributed by atoms with E-state index in [2.05, 4.69) is 46.8 Å². The van der Waals surface area contributed by atoms with Crippen LogP contribution >= 0.6 is 0 Å². The Kier molecular flexibility index (Phi) is 5.75. The Hall–Kier alpha value is -2.16. The zero-order valence-corrected chi connectivity index (χ0v) is 16.5. The molecule has 0 aliphatic heterocycles. The van der Waals surface area contributed by atoms with Crippen LogP contribution in [0.5, 0.6) is 0 Å². The third kappa shape index (κ3) is 4.32. The zero-order chi connectivity index (χ0) is 18.7. The number of furan rings is 3. The molecular weight excluding hydrogens is 324 g/mol. The maximum Gasteiger partial charge on any atom is 0.107 e. The van der Waals surface area contributed by atoms with Gasteiger partial charge in [-0.25, -0.2) is 0 Å². The lowest BCUT2D eigenvalue weighted by molar-refractivity contribution is 0.438. The Morgan fingerprint density at radius 1 is 0.923 bits per heavy atom. The molecule has 0 saturated carbocycles. The van der Waals surface area contributed by atoms with E-state index in [9.17, 15) is 0 Å². The van der Waals surface area contributed by atoms with Gasteiger partial charge in [0.2, 0.25) is 0 Å². The molecule has 0 aromatic carbocycles. The average molecular weight is 354 g/mol. The summed E-state index contributed by atoms with van der Waals surface area (Å²) in [4.78, 5) is 0. The molecule has 0 fully saturated rings. The van der Waals surface area contributed by atoms with Crippen molar-refractivity contribution < 1.29 is 13.3 Å². The Bertz CT molecular complexity index is 805. The molecule has 0 saturated heterocycles. The Morgan fingerprint density at radius 3 is 2.38 bits per heavy atom. The van der Waals surface area contributed by atoms with E-state index in [1.54, 1.807) is 6.26 Å². The van der Waals surface area contributed by atoms with Crippen LogP contribution in [0.2, 0.25) is 0 Å². The molecule has 0 aliphatic carbocycles. The van der Waals surface area contributed by atoms with Gasteiger partial charge >= 0.3 is 0 Å². The fourth-order valence-electron chi connectivity index (χ4n) is 3.35. The summed E-state index contributed by atoms with van der Waals surface area (Å²) in [6, 6.07) is 8.40. The average Bonchev–Trinajstić information content (AvgIpc) is 3.34. The van der Waals surface area contributed by atoms with Crippen molar-refractivity contribution >= 4 is 0 Å². The summed E-state index contributed by atoms with van der Waals surface area (Å²) in [6.07, 6.45) is 6.63. The minimum atomic E-state index is 0.352. The highest BCUT2D eigenvalue weighted by molar-refractivity contribution is 5.25. The second-order valence-electron chi connectivity index (χ2n) is 7.80. The topological polar surface area (TPSA) is 39.4 Å². The summed E-state index contributed by atoms with van der Waals surface area (Å²) in [6.45, 7) is 10.8. The van der Waals surface area contributed by atoms with Crippen LogP contribution in [0.1, 0.15) is 86.0 Å². The van der Waals surface area contributed by atoms with Crippen LogP contribution in [-0.2, 0) is 12.8 Å². The summed E-state index contributed by atoms with van der Waals surface area (Å²) >= 11 is 0. The monoisotopic (exact) mass is 354 g/mol. The lowest BCUT2D eigenvalue weighted by Crippen LogP contribution is -1.97. The molecule has 3 aromatic heterocycles. The summed E-state index contributed by atoms with van der Waals surface area (Å²) < 4.78 is 17.2. The Labute approximate surface area is 156 Å². The van der Waals surface area contributed by atoms with Crippen molar-refractivity contribution in [3.8, 4) is 0 Å². The third-order valence-electron chi connectivity index (χ3n) is 5.19. The molecule has 3 heteroatoms. The van der Waals surface area contributed by atoms with Crippen molar-refractivity contribution in [1.29, 1.82) is 0 Å². The first-order chi connectivity index (χ1) is 12.4. The lowest BCUT2D eigenvalue weighted by Gasteiger charge is -2.07. The van der Waals surface area contributed by atoms with E-state index in [1.165, 1.54) is 11.1 Å². The Balaban J connectivity index is 1.60. The van der Waals surface area contributed by atoms with Gasteiger partial charge in [-0.1, -0.05) is 27.7 Å². The van der Waals surface area contributed by atoms with Gasteiger partial charge in [-0.2, -0.15) is 0 Å². The van der Waals surface area contributed by atoms with Crippen LogP contribution in [0.25, 0.3) is 0 Å². The first-order valence-electron chi connectivity index (χ1n) is 9.64. The van der Waals surface area contributed by atoms with Crippen LogP contribution in [0, 0.1) is 6.92 Å². The predicted octanol–water partition coefficient (Wildman–Crippen LogP) is 6.98. The molecule has 0 bridgehead atoms. The molecule has 2 unspecified atom stereocenters. The maximum absolute atomic E-state index is 6.07. The van der Waals surface area contributed by atoms with Crippen LogP contribution in [-0.4, -0.2) is 0 Å². The number of rotatable bonds is 8. The van der Waals surface area contributed by atoms with Crippen molar-refractivity contribution in [2.75, 3.05) is 0 Å². The van der Waals surface area contributed by atoms with Gasteiger partial charge in [0, 0.05) is 17.8 Å². The van der Waals surface area contributed by atoms with Crippen molar-refractivity contribution in [3.05, 3.63) is 71.0 Å². The van der Waals surface area contributed by atoms with Gasteiger partial charge < -0.3 is 13.3 Å². The van der Waals surface area contributed by atoms with Crippen molar-refractivity contribution in [2.45, 2.75) is 71.6 Å². The van der Waals surface area contributed by atoms with Crippen LogP contribution < -0.4 is 0 Å². The second kappa shape index (κ2) is 8.03. The molecule has 3 heterocycles. The zero-order valence-electron chi connectivity index (χ0n) is 16.5. The molecule has 3 nitrogen and oxygen atoms in total. The highest BCUT2D eigenvalue weighted by atomic mass is 16.3. The highest BCUT2D eigenvalue weighted by Crippen LogP contribution is 2.30. The van der Waals surface area contributed by atoms with Crippen LogP contribution in [0.15, 0.2) is 50.0 Å². The third-order valence-corrected chi connectivity index (χ3v) is 5.19. The summed E-state index contributed by atoms with van der Waals surface area (Å²) in [5, 5.41) is 0. The summed E-state index contributed by atoms with van der Waals surface area (Å²) in [5.41, 5.74) is 2.55. The maximum atomic E-state index is 6.07. The largest absolute Gasteiger partial charge is 0.469 e. The van der Waals surface area contributed by atoms with Gasteiger partial charge in [-0.3, -0.25) is 0 Å². The molecule has 2 atom stereocenters. The van der Waals surface area contributed by atoms with E-state index in [0.717, 1.165) is 42.3 Å². The summed E-state index contributed by atoms with van der Waals surface area (Å²) in [7, 11) is 0. The molecular formula is C23H30O3. The smallest absolute Gasteiger partial charge is 0.107 e. The fourth-order valence-corrected chi connectivity index (χ4v) is 3.35. The second-order valence-corrected chi connectivity index (χ2v) is 7.80. The van der Waals surface area contributed by atoms with Gasteiger partial charge in [0.1, 0.15) is 23.0 Å². The fraction of sp³-hybridized carbons (Fsp3) is 0.478. The minimum Gasteiger partial charge on any atom is -0.469 e. The van der Waals surface area contributed by atoms with Gasteiger partial charge in [0.15, 0.2) is 0 Å². The molecule has 0 N–H and O–H groups in total. The van der Waals surface area contributed by atoms with E-state index in [0.29, 0.717) is 17.8 Å². The van der Waals surface area contributed by atoms with Crippen LogP contribution in [0.3, 0.4) is 0 Å². The predicted molar refractivity (Wildman–Crippen MR) is 104 cm³/mol. The van der Waals surface area contributed by atoms with Crippen molar-refractivity contribution in [1.82, 2.24) is 0 Å². The molecule has 0 amide bonds. The Morgan fingerprint density at radius 2 is 1.73 bits per heavy atom. The molecule has 0 radical (unpaired) electrons. The molecule has 0 aliphatic rings. The lowest BCUT2D eigenvalue weighted by atomic mass is 9.96. The van der Waals surface area contributed by atoms with Gasteiger partial charge in [0.05, 0.1) is 12.5 Å². The first-order valence-corrected chi connectivity index (χ1v) is 9.64. The van der Waals surface area contributed by atoms with E-state index >= 15 is 0 Å². The van der Waals surface area contributed by atoms with E-state index in [1.807, 2.05) is 18.4 Å². The molecule has 26 heavy (non-hydrogen) atoms.